The first-order chi connectivity index (χ1) is 11.2. The highest BCUT2D eigenvalue weighted by atomic mass is 35.5. The number of aryl methyl sites for hydroxylation is 1. The quantitative estimate of drug-likeness (QED) is 0.539. The Morgan fingerprint density at radius 3 is 2.67 bits per heavy atom. The first-order valence-corrected chi connectivity index (χ1v) is 8.92. The van der Waals surface area contributed by atoms with Crippen molar-refractivity contribution in [2.45, 2.75) is 40.0 Å². The number of halogens is 1. The number of hydrogen-bond donors (Lipinski definition) is 0. The van der Waals surface area contributed by atoms with Gasteiger partial charge in [0.15, 0.2) is 5.82 Å². The summed E-state index contributed by atoms with van der Waals surface area (Å²) in [5.74, 6) is 1.44. The molecular weight excluding hydrogens is 344 g/mol. The summed E-state index contributed by atoms with van der Waals surface area (Å²) in [6, 6.07) is 3.68. The van der Waals surface area contributed by atoms with E-state index in [1.54, 1.807) is 12.4 Å². The Morgan fingerprint density at radius 1 is 1.38 bits per heavy atom. The van der Waals surface area contributed by atoms with Gasteiger partial charge in [-0.25, -0.2) is 4.99 Å². The van der Waals surface area contributed by atoms with Gasteiger partial charge in [0.1, 0.15) is 5.75 Å². The molecule has 2 rings (SSSR count). The largest absolute Gasteiger partial charge is 0.430 e. The number of ether oxygens (including phenoxy) is 1. The van der Waals surface area contributed by atoms with Gasteiger partial charge in [-0.2, -0.15) is 9.36 Å². The molecule has 1 heterocycles. The molecule has 1 aromatic carbocycles. The van der Waals surface area contributed by atoms with Crippen molar-refractivity contribution in [2.75, 3.05) is 13.6 Å². The minimum absolute atomic E-state index is 0.103. The Hall–Kier alpha value is -1.66. The maximum Gasteiger partial charge on any atom is 0.298 e. The summed E-state index contributed by atoms with van der Waals surface area (Å²) in [6.07, 6.45) is 1.77. The van der Waals surface area contributed by atoms with Gasteiger partial charge < -0.3 is 9.64 Å². The molecule has 0 unspecified atom stereocenters. The van der Waals surface area contributed by atoms with Gasteiger partial charge in [-0.1, -0.05) is 32.4 Å². The Kier molecular flexibility index (Phi) is 5.83. The Morgan fingerprint density at radius 2 is 2.08 bits per heavy atom. The molecule has 5 nitrogen and oxygen atoms in total. The Labute approximate surface area is 152 Å². The highest BCUT2D eigenvalue weighted by molar-refractivity contribution is 7.07. The number of benzene rings is 1. The molecule has 0 fully saturated rings. The summed E-state index contributed by atoms with van der Waals surface area (Å²) in [4.78, 5) is 10.8. The van der Waals surface area contributed by atoms with E-state index in [9.17, 15) is 0 Å². The van der Waals surface area contributed by atoms with Crippen LogP contribution in [-0.4, -0.2) is 34.2 Å². The standard InChI is InChI=1S/C17H23ClN4OS/c1-7-22(6)10-19-13-8-11(2)14(9-12(13)18)23-16-20-15(21-24-16)17(3,4)5/h8-10H,7H2,1-6H3/b19-10-. The molecule has 0 bridgehead atoms. The maximum atomic E-state index is 6.33. The molecule has 0 aliphatic heterocycles. The van der Waals surface area contributed by atoms with E-state index in [1.165, 1.54) is 11.5 Å². The van der Waals surface area contributed by atoms with Gasteiger partial charge >= 0.3 is 0 Å². The minimum Gasteiger partial charge on any atom is -0.430 e. The molecule has 0 aliphatic carbocycles. The van der Waals surface area contributed by atoms with E-state index >= 15 is 0 Å². The molecule has 2 aromatic rings. The molecule has 7 heteroatoms. The van der Waals surface area contributed by atoms with Crippen molar-refractivity contribution in [1.29, 1.82) is 0 Å². The molecule has 0 spiro atoms. The number of rotatable bonds is 5. The van der Waals surface area contributed by atoms with Crippen LogP contribution in [0.4, 0.5) is 5.69 Å². The molecule has 0 N–H and O–H groups in total. The van der Waals surface area contributed by atoms with Crippen LogP contribution in [0.5, 0.6) is 10.9 Å². The Balaban J connectivity index is 2.22. The summed E-state index contributed by atoms with van der Waals surface area (Å²) < 4.78 is 10.2. The molecule has 0 atom stereocenters. The van der Waals surface area contributed by atoms with Crippen LogP contribution < -0.4 is 4.74 Å². The highest BCUT2D eigenvalue weighted by Crippen LogP contribution is 2.35. The van der Waals surface area contributed by atoms with E-state index in [1.807, 2.05) is 24.9 Å². The number of hydrogen-bond acceptors (Lipinski definition) is 5. The summed E-state index contributed by atoms with van der Waals surface area (Å²) in [5.41, 5.74) is 1.56. The van der Waals surface area contributed by atoms with Gasteiger partial charge in [-0.05, 0) is 25.5 Å². The third-order valence-corrected chi connectivity index (χ3v) is 4.31. The first kappa shape index (κ1) is 18.7. The van der Waals surface area contributed by atoms with Crippen LogP contribution in [0.25, 0.3) is 0 Å². The second-order valence-corrected chi connectivity index (χ2v) is 7.74. The Bertz CT molecular complexity index is 737. The smallest absolute Gasteiger partial charge is 0.298 e. The molecule has 130 valence electrons. The monoisotopic (exact) mass is 366 g/mol. The molecular formula is C17H23ClN4OS. The third kappa shape index (κ3) is 4.68. The average Bonchev–Trinajstić information content (AvgIpc) is 2.97. The average molecular weight is 367 g/mol. The second-order valence-electron chi connectivity index (χ2n) is 6.62. The fourth-order valence-corrected chi connectivity index (χ4v) is 2.69. The fraction of sp³-hybridized carbons (Fsp3) is 0.471. The zero-order valence-electron chi connectivity index (χ0n) is 14.9. The normalized spacial score (nSPS) is 12.0. The second kappa shape index (κ2) is 7.49. The SMILES string of the molecule is CCN(C)/C=N\c1cc(C)c(Oc2nc(C(C)(C)C)ns2)cc1Cl. The van der Waals surface area contributed by atoms with Crippen molar-refractivity contribution in [2.24, 2.45) is 4.99 Å². The van der Waals surface area contributed by atoms with Gasteiger partial charge in [0.05, 0.1) is 17.0 Å². The minimum atomic E-state index is -0.103. The van der Waals surface area contributed by atoms with Crippen molar-refractivity contribution >= 4 is 35.2 Å². The van der Waals surface area contributed by atoms with Crippen LogP contribution in [0.15, 0.2) is 17.1 Å². The van der Waals surface area contributed by atoms with Crippen molar-refractivity contribution in [3.8, 4) is 10.9 Å². The van der Waals surface area contributed by atoms with Gasteiger partial charge in [-0.15, -0.1) is 0 Å². The first-order valence-electron chi connectivity index (χ1n) is 7.77. The van der Waals surface area contributed by atoms with Gasteiger partial charge in [-0.3, -0.25) is 0 Å². The van der Waals surface area contributed by atoms with Crippen LogP contribution in [0.1, 0.15) is 39.1 Å². The number of nitrogens with zero attached hydrogens (tertiary/aromatic N) is 4. The topological polar surface area (TPSA) is 50.6 Å². The fourth-order valence-electron chi connectivity index (χ4n) is 1.75. The van der Waals surface area contributed by atoms with E-state index in [2.05, 4.69) is 42.0 Å². The van der Waals surface area contributed by atoms with E-state index in [4.69, 9.17) is 16.3 Å². The van der Waals surface area contributed by atoms with Crippen molar-refractivity contribution in [3.05, 3.63) is 28.5 Å². The maximum absolute atomic E-state index is 6.33. The lowest BCUT2D eigenvalue weighted by atomic mass is 9.96. The van der Waals surface area contributed by atoms with Crippen LogP contribution in [0.2, 0.25) is 5.02 Å². The number of aromatic nitrogens is 2. The summed E-state index contributed by atoms with van der Waals surface area (Å²) in [5, 5.41) is 1.05. The number of aliphatic imine (C=N–C) groups is 1. The van der Waals surface area contributed by atoms with E-state index in [0.29, 0.717) is 16.0 Å². The van der Waals surface area contributed by atoms with Gasteiger partial charge in [0.25, 0.3) is 5.19 Å². The van der Waals surface area contributed by atoms with Crippen LogP contribution >= 0.6 is 23.1 Å². The molecule has 0 saturated heterocycles. The van der Waals surface area contributed by atoms with Crippen molar-refractivity contribution in [3.63, 3.8) is 0 Å². The van der Waals surface area contributed by atoms with Crippen molar-refractivity contribution in [1.82, 2.24) is 14.3 Å². The summed E-state index contributed by atoms with van der Waals surface area (Å²) in [7, 11) is 1.96. The molecule has 24 heavy (non-hydrogen) atoms. The molecule has 0 amide bonds. The van der Waals surface area contributed by atoms with Crippen LogP contribution in [-0.2, 0) is 5.41 Å². The lowest BCUT2D eigenvalue weighted by Crippen LogP contribution is -2.14. The van der Waals surface area contributed by atoms with Gasteiger partial charge in [0, 0.05) is 36.6 Å². The van der Waals surface area contributed by atoms with E-state index in [0.717, 1.165) is 23.6 Å². The zero-order chi connectivity index (χ0) is 17.9. The van der Waals surface area contributed by atoms with Crippen molar-refractivity contribution < 1.29 is 4.74 Å². The summed E-state index contributed by atoms with van der Waals surface area (Å²) in [6.45, 7) is 11.1. The zero-order valence-corrected chi connectivity index (χ0v) is 16.5. The third-order valence-electron chi connectivity index (χ3n) is 3.41. The molecule has 0 saturated carbocycles. The van der Waals surface area contributed by atoms with Crippen LogP contribution in [0, 0.1) is 6.92 Å². The highest BCUT2D eigenvalue weighted by Gasteiger charge is 2.20. The molecule has 0 aliphatic rings. The van der Waals surface area contributed by atoms with E-state index in [-0.39, 0.29) is 5.41 Å². The molecule has 1 aromatic heterocycles. The predicted octanol–water partition coefficient (Wildman–Crippen LogP) is 5.20. The van der Waals surface area contributed by atoms with Gasteiger partial charge in [0.2, 0.25) is 0 Å². The summed E-state index contributed by atoms with van der Waals surface area (Å²) >= 11 is 7.57. The lowest BCUT2D eigenvalue weighted by Gasteiger charge is -2.12. The predicted molar refractivity (Wildman–Crippen MR) is 101 cm³/mol. The molecule has 0 radical (unpaired) electrons. The van der Waals surface area contributed by atoms with Crippen LogP contribution in [0.3, 0.4) is 0 Å². The van der Waals surface area contributed by atoms with E-state index < -0.39 is 0 Å². The lowest BCUT2D eigenvalue weighted by molar-refractivity contribution is 0.465.